The van der Waals surface area contributed by atoms with Crippen molar-refractivity contribution in [3.8, 4) is 11.4 Å². The Hall–Kier alpha value is -0.940. The standard InChI is InChI=1S/C12H11Br2N3/c1-6-5-8(3-4-9(6)13)12-16-7(2)10(14)11(15)17-12/h3-5H,1-2H3,(H2,15,16,17). The minimum absolute atomic E-state index is 0.466. The lowest BCUT2D eigenvalue weighted by atomic mass is 10.1. The van der Waals surface area contributed by atoms with Crippen molar-refractivity contribution in [1.29, 1.82) is 0 Å². The molecule has 1 heterocycles. The van der Waals surface area contributed by atoms with Gasteiger partial charge in [0, 0.05) is 10.0 Å². The summed E-state index contributed by atoms with van der Waals surface area (Å²) < 4.78 is 1.83. The highest BCUT2D eigenvalue weighted by Gasteiger charge is 2.09. The molecule has 0 amide bonds. The van der Waals surface area contributed by atoms with Crippen LogP contribution in [0.2, 0.25) is 0 Å². The first-order valence-corrected chi connectivity index (χ1v) is 6.64. The maximum atomic E-state index is 5.82. The van der Waals surface area contributed by atoms with Gasteiger partial charge in [-0.25, -0.2) is 9.97 Å². The third-order valence-corrected chi connectivity index (χ3v) is 4.33. The molecule has 0 atom stereocenters. The molecule has 0 saturated heterocycles. The molecule has 1 aromatic carbocycles. The Bertz CT molecular complexity index is 559. The second kappa shape index (κ2) is 4.74. The van der Waals surface area contributed by atoms with E-state index in [2.05, 4.69) is 41.8 Å². The van der Waals surface area contributed by atoms with Crippen molar-refractivity contribution >= 4 is 37.7 Å². The van der Waals surface area contributed by atoms with Gasteiger partial charge in [-0.2, -0.15) is 0 Å². The second-order valence-corrected chi connectivity index (χ2v) is 5.44. The summed E-state index contributed by atoms with van der Waals surface area (Å²) in [5.41, 5.74) is 8.77. The number of aromatic nitrogens is 2. The van der Waals surface area contributed by atoms with Crippen LogP contribution in [0.15, 0.2) is 27.1 Å². The predicted molar refractivity (Wildman–Crippen MR) is 76.8 cm³/mol. The van der Waals surface area contributed by atoms with Gasteiger partial charge in [0.15, 0.2) is 5.82 Å². The van der Waals surface area contributed by atoms with Gasteiger partial charge in [-0.3, -0.25) is 0 Å². The number of hydrogen-bond donors (Lipinski definition) is 1. The first kappa shape index (κ1) is 12.5. The molecule has 0 bridgehead atoms. The van der Waals surface area contributed by atoms with Crippen LogP contribution >= 0.6 is 31.9 Å². The zero-order chi connectivity index (χ0) is 12.6. The summed E-state index contributed by atoms with van der Waals surface area (Å²) in [5.74, 6) is 1.12. The smallest absolute Gasteiger partial charge is 0.161 e. The van der Waals surface area contributed by atoms with E-state index >= 15 is 0 Å². The van der Waals surface area contributed by atoms with E-state index in [4.69, 9.17) is 5.73 Å². The fraction of sp³-hybridized carbons (Fsp3) is 0.167. The van der Waals surface area contributed by atoms with Crippen molar-refractivity contribution in [2.24, 2.45) is 0 Å². The molecule has 2 rings (SSSR count). The molecule has 17 heavy (non-hydrogen) atoms. The van der Waals surface area contributed by atoms with Gasteiger partial charge in [-0.05, 0) is 47.5 Å². The highest BCUT2D eigenvalue weighted by Crippen LogP contribution is 2.26. The highest BCUT2D eigenvalue weighted by molar-refractivity contribution is 9.11. The number of nitrogen functional groups attached to an aromatic ring is 1. The van der Waals surface area contributed by atoms with E-state index in [-0.39, 0.29) is 0 Å². The van der Waals surface area contributed by atoms with Crippen LogP contribution in [0, 0.1) is 13.8 Å². The lowest BCUT2D eigenvalue weighted by Gasteiger charge is -2.07. The van der Waals surface area contributed by atoms with Crippen LogP contribution in [0.25, 0.3) is 11.4 Å². The van der Waals surface area contributed by atoms with Gasteiger partial charge in [-0.1, -0.05) is 22.0 Å². The molecule has 88 valence electrons. The van der Waals surface area contributed by atoms with Crippen molar-refractivity contribution in [2.75, 3.05) is 5.73 Å². The zero-order valence-corrected chi connectivity index (χ0v) is 12.6. The average molecular weight is 357 g/mol. The third kappa shape index (κ3) is 2.50. The lowest BCUT2D eigenvalue weighted by Crippen LogP contribution is -2.00. The number of aryl methyl sites for hydroxylation is 2. The minimum Gasteiger partial charge on any atom is -0.383 e. The monoisotopic (exact) mass is 355 g/mol. The maximum absolute atomic E-state index is 5.82. The molecule has 0 aliphatic rings. The van der Waals surface area contributed by atoms with Crippen molar-refractivity contribution in [2.45, 2.75) is 13.8 Å². The first-order valence-electron chi connectivity index (χ1n) is 5.05. The van der Waals surface area contributed by atoms with E-state index in [0.717, 1.165) is 25.8 Å². The van der Waals surface area contributed by atoms with Gasteiger partial charge < -0.3 is 5.73 Å². The van der Waals surface area contributed by atoms with Gasteiger partial charge in [0.25, 0.3) is 0 Å². The number of anilines is 1. The van der Waals surface area contributed by atoms with Crippen LogP contribution in [0.5, 0.6) is 0 Å². The molecule has 5 heteroatoms. The van der Waals surface area contributed by atoms with Crippen LogP contribution in [0.1, 0.15) is 11.3 Å². The Morgan fingerprint density at radius 3 is 2.41 bits per heavy atom. The third-order valence-electron chi connectivity index (χ3n) is 2.46. The SMILES string of the molecule is Cc1cc(-c2nc(C)c(Br)c(N)n2)ccc1Br. The van der Waals surface area contributed by atoms with E-state index in [0.29, 0.717) is 11.6 Å². The van der Waals surface area contributed by atoms with Crippen LogP contribution in [-0.2, 0) is 0 Å². The lowest BCUT2D eigenvalue weighted by molar-refractivity contribution is 1.10. The maximum Gasteiger partial charge on any atom is 0.161 e. The van der Waals surface area contributed by atoms with Crippen LogP contribution < -0.4 is 5.73 Å². The Morgan fingerprint density at radius 1 is 1.12 bits per heavy atom. The summed E-state index contributed by atoms with van der Waals surface area (Å²) in [5, 5.41) is 0. The van der Waals surface area contributed by atoms with Crippen molar-refractivity contribution in [3.63, 3.8) is 0 Å². The number of hydrogen-bond acceptors (Lipinski definition) is 3. The highest BCUT2D eigenvalue weighted by atomic mass is 79.9. The molecule has 3 nitrogen and oxygen atoms in total. The van der Waals surface area contributed by atoms with Crippen LogP contribution in [-0.4, -0.2) is 9.97 Å². The fourth-order valence-electron chi connectivity index (χ4n) is 1.49. The zero-order valence-electron chi connectivity index (χ0n) is 9.46. The molecule has 0 fully saturated rings. The van der Waals surface area contributed by atoms with E-state index in [1.807, 2.05) is 32.0 Å². The Balaban J connectivity index is 2.57. The van der Waals surface area contributed by atoms with Crippen molar-refractivity contribution < 1.29 is 0 Å². The molecule has 0 spiro atoms. The largest absolute Gasteiger partial charge is 0.383 e. The molecule has 1 aromatic heterocycles. The Kier molecular flexibility index (Phi) is 3.49. The first-order chi connectivity index (χ1) is 7.99. The summed E-state index contributed by atoms with van der Waals surface area (Å²) >= 11 is 6.82. The summed E-state index contributed by atoms with van der Waals surface area (Å²) in [4.78, 5) is 8.70. The minimum atomic E-state index is 0.466. The number of benzene rings is 1. The number of halogens is 2. The summed E-state index contributed by atoms with van der Waals surface area (Å²) in [6.45, 7) is 3.93. The Labute approximate surface area is 117 Å². The van der Waals surface area contributed by atoms with E-state index in [9.17, 15) is 0 Å². The van der Waals surface area contributed by atoms with Gasteiger partial charge in [0.05, 0.1) is 10.2 Å². The topological polar surface area (TPSA) is 51.8 Å². The molecule has 0 saturated carbocycles. The van der Waals surface area contributed by atoms with E-state index in [1.54, 1.807) is 0 Å². The van der Waals surface area contributed by atoms with Crippen LogP contribution in [0.3, 0.4) is 0 Å². The Morgan fingerprint density at radius 2 is 1.82 bits per heavy atom. The predicted octanol–water partition coefficient (Wildman–Crippen LogP) is 3.87. The average Bonchev–Trinajstić information content (AvgIpc) is 2.29. The van der Waals surface area contributed by atoms with Gasteiger partial charge in [-0.15, -0.1) is 0 Å². The molecule has 0 aliphatic heterocycles. The molecule has 0 aliphatic carbocycles. The fourth-order valence-corrected chi connectivity index (χ4v) is 1.92. The van der Waals surface area contributed by atoms with Gasteiger partial charge in [0.2, 0.25) is 0 Å². The second-order valence-electron chi connectivity index (χ2n) is 3.80. The summed E-state index contributed by atoms with van der Waals surface area (Å²) in [6, 6.07) is 5.99. The summed E-state index contributed by atoms with van der Waals surface area (Å²) in [7, 11) is 0. The van der Waals surface area contributed by atoms with E-state index < -0.39 is 0 Å². The number of nitrogens with two attached hydrogens (primary N) is 1. The molecular formula is C12H11Br2N3. The summed E-state index contributed by atoms with van der Waals surface area (Å²) in [6.07, 6.45) is 0. The van der Waals surface area contributed by atoms with Gasteiger partial charge >= 0.3 is 0 Å². The quantitative estimate of drug-likeness (QED) is 0.843. The number of nitrogens with zero attached hydrogens (tertiary/aromatic N) is 2. The van der Waals surface area contributed by atoms with Gasteiger partial charge in [0.1, 0.15) is 5.82 Å². The molecule has 0 unspecified atom stereocenters. The van der Waals surface area contributed by atoms with E-state index in [1.165, 1.54) is 0 Å². The molecule has 0 radical (unpaired) electrons. The molecule has 2 aromatic rings. The molecular weight excluding hydrogens is 346 g/mol. The molecule has 2 N–H and O–H groups in total. The normalized spacial score (nSPS) is 10.6. The van der Waals surface area contributed by atoms with Crippen molar-refractivity contribution in [1.82, 2.24) is 9.97 Å². The van der Waals surface area contributed by atoms with Crippen LogP contribution in [0.4, 0.5) is 5.82 Å². The van der Waals surface area contributed by atoms with Crippen molar-refractivity contribution in [3.05, 3.63) is 38.4 Å². The number of rotatable bonds is 1.